The maximum atomic E-state index is 13.6. The SMILES string of the molecule is CC1(C)CN(C(=O)OCc2ccccc2)c2cc(Cc3ccc(F)cc3)c3nc(OC(=O)c4ccccc4)nn3c21. The van der Waals surface area contributed by atoms with Gasteiger partial charge in [-0.25, -0.2) is 18.5 Å². The number of pyridine rings is 1. The Hall–Kier alpha value is -5.05. The van der Waals surface area contributed by atoms with Crippen LogP contribution in [0, 0.1) is 5.82 Å². The predicted octanol–water partition coefficient (Wildman–Crippen LogP) is 6.11. The van der Waals surface area contributed by atoms with Gasteiger partial charge in [0.05, 0.1) is 16.9 Å². The van der Waals surface area contributed by atoms with Gasteiger partial charge >= 0.3 is 18.1 Å². The Kier molecular flexibility index (Phi) is 6.70. The number of esters is 1. The summed E-state index contributed by atoms with van der Waals surface area (Å²) < 4.78 is 26.5. The molecule has 0 radical (unpaired) electrons. The monoisotopic (exact) mass is 550 g/mol. The quantitative estimate of drug-likeness (QED) is 0.237. The Morgan fingerprint density at radius 3 is 2.32 bits per heavy atom. The van der Waals surface area contributed by atoms with E-state index in [1.807, 2.05) is 56.3 Å². The molecule has 1 aliphatic heterocycles. The molecular weight excluding hydrogens is 523 g/mol. The van der Waals surface area contributed by atoms with Crippen LogP contribution in [-0.4, -0.2) is 33.2 Å². The lowest BCUT2D eigenvalue weighted by molar-refractivity contribution is 0.0719. The second-order valence-corrected chi connectivity index (χ2v) is 10.6. The molecule has 6 rings (SSSR count). The zero-order valence-electron chi connectivity index (χ0n) is 22.6. The summed E-state index contributed by atoms with van der Waals surface area (Å²) >= 11 is 0. The second-order valence-electron chi connectivity index (χ2n) is 10.6. The number of carbonyl (C=O) groups excluding carboxylic acids is 2. The van der Waals surface area contributed by atoms with Crippen LogP contribution < -0.4 is 9.64 Å². The highest BCUT2D eigenvalue weighted by molar-refractivity contribution is 5.92. The molecule has 1 amide bonds. The van der Waals surface area contributed by atoms with Crippen molar-refractivity contribution in [1.29, 1.82) is 0 Å². The minimum absolute atomic E-state index is 0.103. The van der Waals surface area contributed by atoms with Crippen LogP contribution in [0.4, 0.5) is 14.9 Å². The van der Waals surface area contributed by atoms with Crippen molar-refractivity contribution in [3.8, 4) is 6.01 Å². The topological polar surface area (TPSA) is 86.0 Å². The van der Waals surface area contributed by atoms with Crippen LogP contribution >= 0.6 is 0 Å². The molecule has 3 heterocycles. The summed E-state index contributed by atoms with van der Waals surface area (Å²) in [7, 11) is 0. The number of amides is 1. The van der Waals surface area contributed by atoms with E-state index in [0.717, 1.165) is 22.4 Å². The number of hydrogen-bond donors (Lipinski definition) is 0. The van der Waals surface area contributed by atoms with Crippen LogP contribution in [0.2, 0.25) is 0 Å². The van der Waals surface area contributed by atoms with Crippen molar-refractivity contribution in [1.82, 2.24) is 14.6 Å². The Morgan fingerprint density at radius 1 is 0.927 bits per heavy atom. The molecule has 2 aromatic heterocycles. The molecule has 0 unspecified atom stereocenters. The van der Waals surface area contributed by atoms with Gasteiger partial charge in [-0.2, -0.15) is 4.98 Å². The van der Waals surface area contributed by atoms with Gasteiger partial charge in [-0.15, -0.1) is 5.10 Å². The van der Waals surface area contributed by atoms with Gasteiger partial charge in [0.1, 0.15) is 12.4 Å². The zero-order valence-corrected chi connectivity index (χ0v) is 22.6. The van der Waals surface area contributed by atoms with E-state index in [9.17, 15) is 14.0 Å². The summed E-state index contributed by atoms with van der Waals surface area (Å²) in [6, 6.07) is 26.1. The summed E-state index contributed by atoms with van der Waals surface area (Å²) in [5, 5.41) is 4.57. The fourth-order valence-electron chi connectivity index (χ4n) is 5.13. The van der Waals surface area contributed by atoms with Crippen molar-refractivity contribution < 1.29 is 23.5 Å². The summed E-state index contributed by atoms with van der Waals surface area (Å²) in [5.41, 5.74) is 4.14. The number of anilines is 1. The number of halogens is 1. The standard InChI is InChI=1S/C32H27FN4O4/c1-32(2)20-36(31(39)40-19-22-9-5-3-6-10-22)26-18-24(17-21-13-15-25(33)16-14-21)28-34-30(35-37(28)27(26)32)41-29(38)23-11-7-4-8-12-23/h3-16,18H,17,19-20H2,1-2H3. The lowest BCUT2D eigenvalue weighted by Crippen LogP contribution is -2.34. The van der Waals surface area contributed by atoms with Gasteiger partial charge in [-0.1, -0.05) is 74.5 Å². The number of hydrogen-bond acceptors (Lipinski definition) is 6. The van der Waals surface area contributed by atoms with Crippen molar-refractivity contribution in [2.24, 2.45) is 0 Å². The molecule has 0 saturated heterocycles. The molecular formula is C32H27FN4O4. The van der Waals surface area contributed by atoms with Gasteiger partial charge in [0.15, 0.2) is 5.65 Å². The van der Waals surface area contributed by atoms with E-state index < -0.39 is 17.5 Å². The second kappa shape index (κ2) is 10.5. The molecule has 0 aliphatic carbocycles. The molecule has 8 nitrogen and oxygen atoms in total. The number of ether oxygens (including phenoxy) is 2. The minimum Gasteiger partial charge on any atom is -0.444 e. The minimum atomic E-state index is -0.580. The Labute approximate surface area is 236 Å². The third kappa shape index (κ3) is 5.26. The van der Waals surface area contributed by atoms with E-state index in [1.54, 1.807) is 45.8 Å². The summed E-state index contributed by atoms with van der Waals surface area (Å²) in [5.74, 6) is -0.914. The smallest absolute Gasteiger partial charge is 0.414 e. The molecule has 0 bridgehead atoms. The van der Waals surface area contributed by atoms with Crippen LogP contribution in [-0.2, 0) is 23.2 Å². The lowest BCUT2D eigenvalue weighted by atomic mass is 9.90. The fourth-order valence-corrected chi connectivity index (χ4v) is 5.13. The molecule has 0 saturated carbocycles. The van der Waals surface area contributed by atoms with Crippen LogP contribution in [0.25, 0.3) is 5.65 Å². The fraction of sp³-hybridized carbons (Fsp3) is 0.188. The molecule has 0 N–H and O–H groups in total. The third-order valence-electron chi connectivity index (χ3n) is 7.05. The maximum Gasteiger partial charge on any atom is 0.414 e. The highest BCUT2D eigenvalue weighted by Crippen LogP contribution is 2.42. The van der Waals surface area contributed by atoms with Gasteiger partial charge in [0.25, 0.3) is 0 Å². The zero-order chi connectivity index (χ0) is 28.6. The molecule has 1 aliphatic rings. The van der Waals surface area contributed by atoms with Crippen molar-refractivity contribution in [3.05, 3.63) is 125 Å². The van der Waals surface area contributed by atoms with Crippen molar-refractivity contribution >= 4 is 23.4 Å². The average Bonchev–Trinajstić information content (AvgIpc) is 3.51. The summed E-state index contributed by atoms with van der Waals surface area (Å²) in [4.78, 5) is 32.3. The molecule has 5 aromatic rings. The Morgan fingerprint density at radius 2 is 1.61 bits per heavy atom. The first kappa shape index (κ1) is 26.2. The van der Waals surface area contributed by atoms with Crippen LogP contribution in [0.15, 0.2) is 91.0 Å². The normalized spacial score (nSPS) is 13.7. The van der Waals surface area contributed by atoms with Gasteiger partial charge in [-0.05, 0) is 41.5 Å². The molecule has 0 fully saturated rings. The highest BCUT2D eigenvalue weighted by atomic mass is 19.1. The van der Waals surface area contributed by atoms with E-state index in [-0.39, 0.29) is 18.4 Å². The molecule has 0 spiro atoms. The van der Waals surface area contributed by atoms with Crippen LogP contribution in [0.5, 0.6) is 6.01 Å². The third-order valence-corrected chi connectivity index (χ3v) is 7.05. The first-order chi connectivity index (χ1) is 19.8. The highest BCUT2D eigenvalue weighted by Gasteiger charge is 2.42. The molecule has 41 heavy (non-hydrogen) atoms. The predicted molar refractivity (Wildman–Crippen MR) is 151 cm³/mol. The molecule has 206 valence electrons. The average molecular weight is 551 g/mol. The number of fused-ring (bicyclic) bond motifs is 3. The largest absolute Gasteiger partial charge is 0.444 e. The number of nitrogens with zero attached hydrogens (tertiary/aromatic N) is 4. The summed E-state index contributed by atoms with van der Waals surface area (Å²) in [6.07, 6.45) is -0.0987. The van der Waals surface area contributed by atoms with E-state index in [1.165, 1.54) is 12.1 Å². The van der Waals surface area contributed by atoms with E-state index in [0.29, 0.717) is 29.9 Å². The Balaban J connectivity index is 1.41. The maximum absolute atomic E-state index is 13.6. The van der Waals surface area contributed by atoms with Gasteiger partial charge in [0.2, 0.25) is 0 Å². The van der Waals surface area contributed by atoms with Crippen LogP contribution in [0.1, 0.15) is 46.6 Å². The molecule has 0 atom stereocenters. The van der Waals surface area contributed by atoms with Crippen molar-refractivity contribution in [3.63, 3.8) is 0 Å². The van der Waals surface area contributed by atoms with E-state index in [4.69, 9.17) is 9.47 Å². The molecule has 9 heteroatoms. The van der Waals surface area contributed by atoms with Gasteiger partial charge < -0.3 is 9.47 Å². The number of rotatable bonds is 6. The van der Waals surface area contributed by atoms with E-state index in [2.05, 4.69) is 10.1 Å². The van der Waals surface area contributed by atoms with Gasteiger partial charge in [0, 0.05) is 23.9 Å². The van der Waals surface area contributed by atoms with Crippen molar-refractivity contribution in [2.45, 2.75) is 32.3 Å². The first-order valence-electron chi connectivity index (χ1n) is 13.2. The summed E-state index contributed by atoms with van der Waals surface area (Å²) in [6.45, 7) is 4.50. The number of carbonyl (C=O) groups is 2. The van der Waals surface area contributed by atoms with Crippen molar-refractivity contribution in [2.75, 3.05) is 11.4 Å². The lowest BCUT2D eigenvalue weighted by Gasteiger charge is -2.20. The molecule has 3 aromatic carbocycles. The number of aromatic nitrogens is 3. The van der Waals surface area contributed by atoms with Crippen LogP contribution in [0.3, 0.4) is 0 Å². The Bertz CT molecular complexity index is 1740. The first-order valence-corrected chi connectivity index (χ1v) is 13.2. The van der Waals surface area contributed by atoms with Gasteiger partial charge in [-0.3, -0.25) is 4.90 Å². The van der Waals surface area contributed by atoms with E-state index >= 15 is 0 Å². The number of benzene rings is 3.